The van der Waals surface area contributed by atoms with Crippen molar-refractivity contribution in [1.82, 2.24) is 0 Å². The van der Waals surface area contributed by atoms with Crippen molar-refractivity contribution in [3.05, 3.63) is 54.1 Å². The lowest BCUT2D eigenvalue weighted by Crippen LogP contribution is -1.92. The Labute approximate surface area is 102 Å². The van der Waals surface area contributed by atoms with E-state index in [-0.39, 0.29) is 0 Å². The molecule has 0 unspecified atom stereocenters. The van der Waals surface area contributed by atoms with E-state index in [0.717, 1.165) is 18.6 Å². The predicted octanol–water partition coefficient (Wildman–Crippen LogP) is 4.01. The zero-order valence-corrected chi connectivity index (χ0v) is 10.0. The third kappa shape index (κ3) is 3.00. The summed E-state index contributed by atoms with van der Waals surface area (Å²) in [5.41, 5.74) is 7.79. The lowest BCUT2D eigenvalue weighted by atomic mass is 10.1. The fraction of sp³-hybridized carbons (Fsp3) is 0.200. The van der Waals surface area contributed by atoms with Gasteiger partial charge in [-0.15, -0.1) is 0 Å². The molecule has 17 heavy (non-hydrogen) atoms. The van der Waals surface area contributed by atoms with Gasteiger partial charge in [-0.3, -0.25) is 0 Å². The summed E-state index contributed by atoms with van der Waals surface area (Å²) >= 11 is 0. The van der Waals surface area contributed by atoms with Gasteiger partial charge in [-0.25, -0.2) is 0 Å². The van der Waals surface area contributed by atoms with Crippen LogP contribution in [0.1, 0.15) is 18.9 Å². The van der Waals surface area contributed by atoms with Gasteiger partial charge in [0.05, 0.1) is 5.69 Å². The smallest absolute Gasteiger partial charge is 0.150 e. The van der Waals surface area contributed by atoms with E-state index >= 15 is 0 Å². The highest BCUT2D eigenvalue weighted by molar-refractivity contribution is 5.53. The highest BCUT2D eigenvalue weighted by Crippen LogP contribution is 2.27. The summed E-state index contributed by atoms with van der Waals surface area (Å²) in [6, 6.07) is 15.7. The number of nitrogen functional groups attached to an aromatic ring is 1. The number of hydrogen-bond donors (Lipinski definition) is 1. The topological polar surface area (TPSA) is 35.2 Å². The molecule has 2 rings (SSSR count). The zero-order chi connectivity index (χ0) is 12.1. The third-order valence-corrected chi connectivity index (χ3v) is 2.58. The van der Waals surface area contributed by atoms with Crippen LogP contribution in [-0.2, 0) is 6.42 Å². The van der Waals surface area contributed by atoms with Crippen LogP contribution < -0.4 is 10.5 Å². The van der Waals surface area contributed by atoms with Crippen molar-refractivity contribution in [1.29, 1.82) is 0 Å². The maximum absolute atomic E-state index is 5.84. The molecule has 0 saturated carbocycles. The number of hydrogen-bond acceptors (Lipinski definition) is 2. The molecule has 0 aliphatic carbocycles. The molecule has 0 atom stereocenters. The van der Waals surface area contributed by atoms with Crippen LogP contribution >= 0.6 is 0 Å². The Balaban J connectivity index is 2.18. The van der Waals surface area contributed by atoms with Gasteiger partial charge in [0.25, 0.3) is 0 Å². The summed E-state index contributed by atoms with van der Waals surface area (Å²) in [6.45, 7) is 2.17. The van der Waals surface area contributed by atoms with Gasteiger partial charge < -0.3 is 10.5 Å². The minimum absolute atomic E-state index is 0.661. The van der Waals surface area contributed by atoms with Crippen LogP contribution in [0.3, 0.4) is 0 Å². The highest BCUT2D eigenvalue weighted by Gasteiger charge is 2.01. The van der Waals surface area contributed by atoms with E-state index in [9.17, 15) is 0 Å². The van der Waals surface area contributed by atoms with E-state index in [4.69, 9.17) is 10.5 Å². The van der Waals surface area contributed by atoms with Gasteiger partial charge in [0.15, 0.2) is 0 Å². The Morgan fingerprint density at radius 3 is 2.65 bits per heavy atom. The van der Waals surface area contributed by atoms with Crippen LogP contribution in [0.2, 0.25) is 0 Å². The van der Waals surface area contributed by atoms with E-state index in [2.05, 4.69) is 19.1 Å². The van der Waals surface area contributed by atoms with E-state index in [1.54, 1.807) is 0 Å². The van der Waals surface area contributed by atoms with Crippen molar-refractivity contribution in [3.63, 3.8) is 0 Å². The Morgan fingerprint density at radius 2 is 1.88 bits per heavy atom. The predicted molar refractivity (Wildman–Crippen MR) is 71.4 cm³/mol. The fourth-order valence-electron chi connectivity index (χ4n) is 1.75. The van der Waals surface area contributed by atoms with Gasteiger partial charge in [-0.2, -0.15) is 0 Å². The number of para-hydroxylation sites is 2. The average molecular weight is 227 g/mol. The number of anilines is 1. The monoisotopic (exact) mass is 227 g/mol. The quantitative estimate of drug-likeness (QED) is 0.801. The molecular weight excluding hydrogens is 210 g/mol. The van der Waals surface area contributed by atoms with Crippen molar-refractivity contribution in [2.45, 2.75) is 19.8 Å². The Kier molecular flexibility index (Phi) is 3.66. The van der Waals surface area contributed by atoms with Crippen molar-refractivity contribution < 1.29 is 4.74 Å². The molecule has 0 saturated heterocycles. The molecule has 88 valence electrons. The summed E-state index contributed by atoms with van der Waals surface area (Å²) < 4.78 is 5.77. The molecule has 0 amide bonds. The molecular formula is C15H17NO. The standard InChI is InChI=1S/C15H17NO/c1-2-6-12-7-5-8-13(11-12)17-15-10-4-3-9-14(15)16/h3-5,7-11H,2,6,16H2,1H3. The second-order valence-electron chi connectivity index (χ2n) is 4.04. The van der Waals surface area contributed by atoms with Crippen LogP contribution in [0.25, 0.3) is 0 Å². The second-order valence-corrected chi connectivity index (χ2v) is 4.04. The van der Waals surface area contributed by atoms with Crippen molar-refractivity contribution in [2.75, 3.05) is 5.73 Å². The Hall–Kier alpha value is -1.96. The van der Waals surface area contributed by atoms with Gasteiger partial charge in [-0.05, 0) is 36.2 Å². The Morgan fingerprint density at radius 1 is 1.06 bits per heavy atom. The number of benzene rings is 2. The second kappa shape index (κ2) is 5.39. The van der Waals surface area contributed by atoms with Crippen LogP contribution in [-0.4, -0.2) is 0 Å². The average Bonchev–Trinajstić information content (AvgIpc) is 2.33. The SMILES string of the molecule is CCCc1cccc(Oc2ccccc2N)c1. The van der Waals surface area contributed by atoms with Gasteiger partial charge in [0, 0.05) is 0 Å². The molecule has 2 aromatic rings. The maximum Gasteiger partial charge on any atom is 0.150 e. The Bertz CT molecular complexity index is 494. The van der Waals surface area contributed by atoms with Crippen molar-refractivity contribution >= 4 is 5.69 Å². The van der Waals surface area contributed by atoms with E-state index in [1.165, 1.54) is 5.56 Å². The molecule has 2 nitrogen and oxygen atoms in total. The number of ether oxygens (including phenoxy) is 1. The first kappa shape index (κ1) is 11.5. The first-order valence-corrected chi connectivity index (χ1v) is 5.91. The summed E-state index contributed by atoms with van der Waals surface area (Å²) in [4.78, 5) is 0. The van der Waals surface area contributed by atoms with Gasteiger partial charge in [0.2, 0.25) is 0 Å². The lowest BCUT2D eigenvalue weighted by molar-refractivity contribution is 0.484. The fourth-order valence-corrected chi connectivity index (χ4v) is 1.75. The molecule has 2 heteroatoms. The van der Waals surface area contributed by atoms with E-state index in [1.807, 2.05) is 36.4 Å². The minimum atomic E-state index is 0.661. The molecule has 0 bridgehead atoms. The number of rotatable bonds is 4. The summed E-state index contributed by atoms with van der Waals surface area (Å²) in [5, 5.41) is 0. The molecule has 0 aliphatic rings. The minimum Gasteiger partial charge on any atom is -0.455 e. The molecule has 2 aromatic carbocycles. The normalized spacial score (nSPS) is 10.2. The molecule has 0 heterocycles. The largest absolute Gasteiger partial charge is 0.455 e. The first-order chi connectivity index (χ1) is 8.29. The zero-order valence-electron chi connectivity index (χ0n) is 10.0. The first-order valence-electron chi connectivity index (χ1n) is 5.91. The van der Waals surface area contributed by atoms with Gasteiger partial charge in [-0.1, -0.05) is 37.6 Å². The van der Waals surface area contributed by atoms with Gasteiger partial charge in [0.1, 0.15) is 11.5 Å². The van der Waals surface area contributed by atoms with Gasteiger partial charge >= 0.3 is 0 Å². The summed E-state index contributed by atoms with van der Waals surface area (Å²) in [5.74, 6) is 1.55. The highest BCUT2D eigenvalue weighted by atomic mass is 16.5. The van der Waals surface area contributed by atoms with Crippen molar-refractivity contribution in [2.24, 2.45) is 0 Å². The number of aryl methyl sites for hydroxylation is 1. The van der Waals surface area contributed by atoms with E-state index in [0.29, 0.717) is 11.4 Å². The maximum atomic E-state index is 5.84. The molecule has 2 N–H and O–H groups in total. The molecule has 0 fully saturated rings. The summed E-state index contributed by atoms with van der Waals surface area (Å²) in [7, 11) is 0. The van der Waals surface area contributed by atoms with Crippen LogP contribution in [0, 0.1) is 0 Å². The van der Waals surface area contributed by atoms with Crippen LogP contribution in [0.15, 0.2) is 48.5 Å². The lowest BCUT2D eigenvalue weighted by Gasteiger charge is -2.09. The summed E-state index contributed by atoms with van der Waals surface area (Å²) in [6.07, 6.45) is 2.21. The van der Waals surface area contributed by atoms with Crippen molar-refractivity contribution in [3.8, 4) is 11.5 Å². The van der Waals surface area contributed by atoms with Crippen LogP contribution in [0.4, 0.5) is 5.69 Å². The molecule has 0 aromatic heterocycles. The third-order valence-electron chi connectivity index (χ3n) is 2.58. The molecule has 0 aliphatic heterocycles. The van der Waals surface area contributed by atoms with Crippen LogP contribution in [0.5, 0.6) is 11.5 Å². The molecule has 0 radical (unpaired) electrons. The number of nitrogens with two attached hydrogens (primary N) is 1. The molecule has 0 spiro atoms. The van der Waals surface area contributed by atoms with E-state index < -0.39 is 0 Å².